The number of guanidine groups is 1. The summed E-state index contributed by atoms with van der Waals surface area (Å²) < 4.78 is 0. The van der Waals surface area contributed by atoms with Gasteiger partial charge in [-0.2, -0.15) is 0 Å². The molecule has 0 radical (unpaired) electrons. The summed E-state index contributed by atoms with van der Waals surface area (Å²) in [5, 5.41) is 3.16. The van der Waals surface area contributed by atoms with E-state index in [1.165, 1.54) is 12.0 Å². The average molecular weight is 359 g/mol. The van der Waals surface area contributed by atoms with Gasteiger partial charge in [0.05, 0.1) is 0 Å². The van der Waals surface area contributed by atoms with E-state index in [2.05, 4.69) is 52.5 Å². The maximum absolute atomic E-state index is 4.28. The van der Waals surface area contributed by atoms with Crippen LogP contribution in [0.15, 0.2) is 35.3 Å². The van der Waals surface area contributed by atoms with Crippen molar-refractivity contribution >= 4 is 29.9 Å². The van der Waals surface area contributed by atoms with Crippen LogP contribution in [0, 0.1) is 0 Å². The molecule has 0 amide bonds. The molecule has 4 heteroatoms. The molecule has 2 rings (SSSR count). The monoisotopic (exact) mass is 359 g/mol. The second-order valence-corrected chi connectivity index (χ2v) is 4.90. The van der Waals surface area contributed by atoms with E-state index in [1.54, 1.807) is 0 Å². The molecule has 1 aromatic rings. The Morgan fingerprint density at radius 1 is 1.33 bits per heavy atom. The van der Waals surface area contributed by atoms with E-state index >= 15 is 0 Å². The van der Waals surface area contributed by atoms with Gasteiger partial charge < -0.3 is 10.2 Å². The number of likely N-dealkylation sites (tertiary alicyclic amines) is 1. The Morgan fingerprint density at radius 2 is 2.00 bits per heavy atom. The number of nitrogens with zero attached hydrogens (tertiary/aromatic N) is 2. The third kappa shape index (κ3) is 2.96. The van der Waals surface area contributed by atoms with Crippen molar-refractivity contribution in [2.75, 3.05) is 27.2 Å². The lowest BCUT2D eigenvalue weighted by molar-refractivity contribution is 0.442. The van der Waals surface area contributed by atoms with Gasteiger partial charge in [-0.3, -0.25) is 4.99 Å². The molecule has 1 aromatic carbocycles. The molecule has 1 aliphatic rings. The van der Waals surface area contributed by atoms with Crippen molar-refractivity contribution in [2.45, 2.75) is 18.8 Å². The van der Waals surface area contributed by atoms with E-state index in [0.717, 1.165) is 19.0 Å². The quantitative estimate of drug-likeness (QED) is 0.474. The van der Waals surface area contributed by atoms with Crippen LogP contribution in [0.4, 0.5) is 0 Å². The normalized spacial score (nSPS) is 23.7. The first-order valence-corrected chi connectivity index (χ1v) is 6.14. The SMILES string of the molecule is CN=C(NC)N1CCC(C)(c2ccccc2)C1.I. The van der Waals surface area contributed by atoms with Crippen LogP contribution in [0.5, 0.6) is 0 Å². The molecule has 0 aromatic heterocycles. The molecule has 0 aliphatic carbocycles. The van der Waals surface area contributed by atoms with Crippen LogP contribution in [-0.4, -0.2) is 38.0 Å². The van der Waals surface area contributed by atoms with Crippen molar-refractivity contribution < 1.29 is 0 Å². The summed E-state index contributed by atoms with van der Waals surface area (Å²) in [5.74, 6) is 0.990. The summed E-state index contributed by atoms with van der Waals surface area (Å²) in [5.41, 5.74) is 1.67. The maximum Gasteiger partial charge on any atom is 0.193 e. The van der Waals surface area contributed by atoms with E-state index in [9.17, 15) is 0 Å². The Balaban J connectivity index is 0.00000162. The van der Waals surface area contributed by atoms with Gasteiger partial charge in [-0.15, -0.1) is 24.0 Å². The first-order valence-electron chi connectivity index (χ1n) is 6.14. The second-order valence-electron chi connectivity index (χ2n) is 4.90. The van der Waals surface area contributed by atoms with Gasteiger partial charge in [0.15, 0.2) is 5.96 Å². The highest BCUT2D eigenvalue weighted by atomic mass is 127. The van der Waals surface area contributed by atoms with Gasteiger partial charge in [-0.05, 0) is 12.0 Å². The smallest absolute Gasteiger partial charge is 0.193 e. The minimum atomic E-state index is 0. The molecule has 1 fully saturated rings. The van der Waals surface area contributed by atoms with Crippen molar-refractivity contribution in [3.8, 4) is 0 Å². The van der Waals surface area contributed by atoms with Gasteiger partial charge >= 0.3 is 0 Å². The number of rotatable bonds is 1. The fourth-order valence-corrected chi connectivity index (χ4v) is 2.63. The Hall–Kier alpha value is -0.780. The van der Waals surface area contributed by atoms with E-state index in [1.807, 2.05) is 14.1 Å². The predicted octanol–water partition coefficient (Wildman–Crippen LogP) is 2.47. The summed E-state index contributed by atoms with van der Waals surface area (Å²) in [4.78, 5) is 6.61. The standard InChI is InChI=1S/C14H21N3.HI/c1-14(12-7-5-4-6-8-12)9-10-17(11-14)13(15-2)16-3;/h4-8H,9-11H2,1-3H3,(H,15,16);1H. The highest BCUT2D eigenvalue weighted by Gasteiger charge is 2.36. The predicted molar refractivity (Wildman–Crippen MR) is 87.8 cm³/mol. The number of halogens is 1. The average Bonchev–Trinajstić information content (AvgIpc) is 2.76. The molecule has 100 valence electrons. The lowest BCUT2D eigenvalue weighted by Crippen LogP contribution is -2.39. The van der Waals surface area contributed by atoms with Crippen LogP contribution in [0.2, 0.25) is 0 Å². The fraction of sp³-hybridized carbons (Fsp3) is 0.500. The van der Waals surface area contributed by atoms with E-state index in [0.29, 0.717) is 0 Å². The summed E-state index contributed by atoms with van der Waals surface area (Å²) in [7, 11) is 3.77. The van der Waals surface area contributed by atoms with Crippen LogP contribution in [0.3, 0.4) is 0 Å². The molecule has 1 unspecified atom stereocenters. The third-order valence-electron chi connectivity index (χ3n) is 3.68. The van der Waals surface area contributed by atoms with E-state index < -0.39 is 0 Å². The van der Waals surface area contributed by atoms with Gasteiger partial charge in [-0.25, -0.2) is 0 Å². The van der Waals surface area contributed by atoms with Crippen LogP contribution in [0.1, 0.15) is 18.9 Å². The number of hydrogen-bond acceptors (Lipinski definition) is 1. The molecule has 1 atom stereocenters. The minimum Gasteiger partial charge on any atom is -0.359 e. The lowest BCUT2D eigenvalue weighted by Gasteiger charge is -2.26. The van der Waals surface area contributed by atoms with Crippen LogP contribution < -0.4 is 5.32 Å². The van der Waals surface area contributed by atoms with Crippen molar-refractivity contribution in [3.05, 3.63) is 35.9 Å². The van der Waals surface area contributed by atoms with E-state index in [-0.39, 0.29) is 29.4 Å². The number of hydrogen-bond donors (Lipinski definition) is 1. The molecular weight excluding hydrogens is 337 g/mol. The minimum absolute atomic E-state index is 0. The Labute approximate surface area is 127 Å². The summed E-state index contributed by atoms with van der Waals surface area (Å²) in [6.07, 6.45) is 1.18. The molecule has 3 nitrogen and oxygen atoms in total. The first-order chi connectivity index (χ1) is 8.19. The molecule has 1 N–H and O–H groups in total. The Morgan fingerprint density at radius 3 is 2.56 bits per heavy atom. The summed E-state index contributed by atoms with van der Waals surface area (Å²) >= 11 is 0. The van der Waals surface area contributed by atoms with Gasteiger partial charge in [0, 0.05) is 32.6 Å². The Bertz CT molecular complexity index is 405. The highest BCUT2D eigenvalue weighted by Crippen LogP contribution is 2.33. The van der Waals surface area contributed by atoms with Crippen molar-refractivity contribution in [1.29, 1.82) is 0 Å². The number of nitrogens with one attached hydrogen (secondary N) is 1. The molecule has 1 saturated heterocycles. The molecular formula is C14H22IN3. The third-order valence-corrected chi connectivity index (χ3v) is 3.68. The number of aliphatic imine (C=N–C) groups is 1. The van der Waals surface area contributed by atoms with Crippen LogP contribution in [-0.2, 0) is 5.41 Å². The lowest BCUT2D eigenvalue weighted by atomic mass is 9.82. The molecule has 1 aliphatic heterocycles. The molecule has 18 heavy (non-hydrogen) atoms. The first kappa shape index (κ1) is 15.3. The molecule has 0 bridgehead atoms. The summed E-state index contributed by atoms with van der Waals surface area (Å²) in [6, 6.07) is 10.8. The van der Waals surface area contributed by atoms with Gasteiger partial charge in [-0.1, -0.05) is 37.3 Å². The van der Waals surface area contributed by atoms with Crippen molar-refractivity contribution in [1.82, 2.24) is 10.2 Å². The van der Waals surface area contributed by atoms with Gasteiger partial charge in [0.25, 0.3) is 0 Å². The number of benzene rings is 1. The van der Waals surface area contributed by atoms with Gasteiger partial charge in [0.2, 0.25) is 0 Å². The van der Waals surface area contributed by atoms with E-state index in [4.69, 9.17) is 0 Å². The second kappa shape index (κ2) is 6.41. The van der Waals surface area contributed by atoms with Crippen LogP contribution in [0.25, 0.3) is 0 Å². The zero-order valence-corrected chi connectivity index (χ0v) is 13.6. The highest BCUT2D eigenvalue weighted by molar-refractivity contribution is 14.0. The zero-order chi connectivity index (χ0) is 12.3. The Kier molecular flexibility index (Phi) is 5.44. The van der Waals surface area contributed by atoms with Gasteiger partial charge in [0.1, 0.15) is 0 Å². The topological polar surface area (TPSA) is 27.6 Å². The summed E-state index contributed by atoms with van der Waals surface area (Å²) in [6.45, 7) is 4.44. The largest absolute Gasteiger partial charge is 0.359 e. The van der Waals surface area contributed by atoms with Crippen molar-refractivity contribution in [2.24, 2.45) is 4.99 Å². The van der Waals surface area contributed by atoms with Crippen LogP contribution >= 0.6 is 24.0 Å². The zero-order valence-electron chi connectivity index (χ0n) is 11.3. The molecule has 0 saturated carbocycles. The molecule has 0 spiro atoms. The fourth-order valence-electron chi connectivity index (χ4n) is 2.63. The molecule has 1 heterocycles. The maximum atomic E-state index is 4.28. The van der Waals surface area contributed by atoms with Crippen molar-refractivity contribution in [3.63, 3.8) is 0 Å².